The standard InChI is InChI=1S/C14H25NO3S/c1-3-17-14(16)8-11(2)19-7-6-15-9-12-4-5-13(10-15)18-12/h11-13H,3-10H2,1-2H3/t11-,12-,13+/m0/s1. The normalized spacial score (nSPS) is 28.3. The maximum atomic E-state index is 11.4. The zero-order valence-corrected chi connectivity index (χ0v) is 12.8. The molecule has 0 aromatic rings. The third kappa shape index (κ3) is 4.97. The number of carbonyl (C=O) groups excluding carboxylic acids is 1. The van der Waals surface area contributed by atoms with E-state index in [9.17, 15) is 4.79 Å². The van der Waals surface area contributed by atoms with Crippen LogP contribution >= 0.6 is 11.8 Å². The molecule has 3 atom stereocenters. The highest BCUT2D eigenvalue weighted by Gasteiger charge is 2.33. The van der Waals surface area contributed by atoms with Gasteiger partial charge in [-0.3, -0.25) is 9.69 Å². The monoisotopic (exact) mass is 287 g/mol. The van der Waals surface area contributed by atoms with Crippen molar-refractivity contribution < 1.29 is 14.3 Å². The lowest BCUT2D eigenvalue weighted by Crippen LogP contribution is -2.43. The summed E-state index contributed by atoms with van der Waals surface area (Å²) in [6, 6.07) is 0. The van der Waals surface area contributed by atoms with E-state index >= 15 is 0 Å². The fraction of sp³-hybridized carbons (Fsp3) is 0.929. The van der Waals surface area contributed by atoms with Gasteiger partial charge in [-0.2, -0.15) is 11.8 Å². The van der Waals surface area contributed by atoms with Crippen LogP contribution in [-0.4, -0.2) is 60.3 Å². The number of fused-ring (bicyclic) bond motifs is 2. The van der Waals surface area contributed by atoms with E-state index in [1.54, 1.807) is 0 Å². The molecule has 2 heterocycles. The Kier molecular flexibility index (Phi) is 5.98. The molecule has 2 aliphatic rings. The quantitative estimate of drug-likeness (QED) is 0.669. The second-order valence-electron chi connectivity index (χ2n) is 5.41. The van der Waals surface area contributed by atoms with E-state index < -0.39 is 0 Å². The van der Waals surface area contributed by atoms with Gasteiger partial charge >= 0.3 is 5.97 Å². The first-order chi connectivity index (χ1) is 9.17. The number of carbonyl (C=O) groups is 1. The van der Waals surface area contributed by atoms with Gasteiger partial charge in [0.2, 0.25) is 0 Å². The largest absolute Gasteiger partial charge is 0.466 e. The summed E-state index contributed by atoms with van der Waals surface area (Å²) in [6.07, 6.45) is 3.93. The van der Waals surface area contributed by atoms with Gasteiger partial charge in [-0.05, 0) is 19.8 Å². The maximum Gasteiger partial charge on any atom is 0.306 e. The molecular formula is C14H25NO3S. The van der Waals surface area contributed by atoms with E-state index in [0.29, 0.717) is 30.5 Å². The van der Waals surface area contributed by atoms with E-state index in [1.165, 1.54) is 12.8 Å². The summed E-state index contributed by atoms with van der Waals surface area (Å²) >= 11 is 1.86. The van der Waals surface area contributed by atoms with Gasteiger partial charge in [-0.25, -0.2) is 0 Å². The van der Waals surface area contributed by atoms with Crippen LogP contribution in [-0.2, 0) is 14.3 Å². The first-order valence-corrected chi connectivity index (χ1v) is 8.37. The lowest BCUT2D eigenvalue weighted by molar-refractivity contribution is -0.142. The molecule has 5 heteroatoms. The second-order valence-corrected chi connectivity index (χ2v) is 6.95. The molecule has 0 radical (unpaired) electrons. The van der Waals surface area contributed by atoms with Crippen molar-refractivity contribution in [1.29, 1.82) is 0 Å². The van der Waals surface area contributed by atoms with Crippen molar-refractivity contribution in [2.24, 2.45) is 0 Å². The summed E-state index contributed by atoms with van der Waals surface area (Å²) in [5.74, 6) is 1.01. The predicted octanol–water partition coefficient (Wildman–Crippen LogP) is 1.92. The van der Waals surface area contributed by atoms with Crippen LogP contribution in [0, 0.1) is 0 Å². The van der Waals surface area contributed by atoms with Crippen molar-refractivity contribution in [3.63, 3.8) is 0 Å². The van der Waals surface area contributed by atoms with Crippen LogP contribution in [0.2, 0.25) is 0 Å². The number of hydrogen-bond donors (Lipinski definition) is 0. The topological polar surface area (TPSA) is 38.8 Å². The Balaban J connectivity index is 1.57. The molecule has 2 saturated heterocycles. The Bertz CT molecular complexity index is 288. The average molecular weight is 287 g/mol. The number of morpholine rings is 1. The smallest absolute Gasteiger partial charge is 0.306 e. The Morgan fingerprint density at radius 3 is 2.74 bits per heavy atom. The van der Waals surface area contributed by atoms with Crippen molar-refractivity contribution in [2.45, 2.75) is 50.6 Å². The van der Waals surface area contributed by atoms with E-state index in [0.717, 1.165) is 25.4 Å². The predicted molar refractivity (Wildman–Crippen MR) is 77.5 cm³/mol. The van der Waals surface area contributed by atoms with Gasteiger partial charge < -0.3 is 9.47 Å². The lowest BCUT2D eigenvalue weighted by Gasteiger charge is -2.32. The van der Waals surface area contributed by atoms with Crippen LogP contribution in [0.4, 0.5) is 0 Å². The fourth-order valence-corrected chi connectivity index (χ4v) is 3.80. The van der Waals surface area contributed by atoms with Gasteiger partial charge in [0.25, 0.3) is 0 Å². The molecule has 2 aliphatic heterocycles. The molecule has 0 amide bonds. The van der Waals surface area contributed by atoms with Gasteiger partial charge in [-0.15, -0.1) is 0 Å². The van der Waals surface area contributed by atoms with Crippen molar-refractivity contribution >= 4 is 17.7 Å². The fourth-order valence-electron chi connectivity index (χ4n) is 2.78. The average Bonchev–Trinajstić information content (AvgIpc) is 2.69. The molecule has 0 spiro atoms. The third-order valence-corrected chi connectivity index (χ3v) is 4.84. The van der Waals surface area contributed by atoms with Gasteiger partial charge in [0, 0.05) is 30.6 Å². The van der Waals surface area contributed by atoms with Gasteiger partial charge in [-0.1, -0.05) is 6.92 Å². The Morgan fingerprint density at radius 1 is 1.42 bits per heavy atom. The SMILES string of the molecule is CCOC(=O)C[C@H](C)SCCN1C[C@H]2CC[C@@H](C1)O2. The van der Waals surface area contributed by atoms with Gasteiger partial charge in [0.1, 0.15) is 0 Å². The number of hydrogen-bond acceptors (Lipinski definition) is 5. The minimum absolute atomic E-state index is 0.0769. The van der Waals surface area contributed by atoms with E-state index in [-0.39, 0.29) is 5.97 Å². The van der Waals surface area contributed by atoms with Crippen LogP contribution < -0.4 is 0 Å². The number of likely N-dealkylation sites (tertiary alicyclic amines) is 1. The molecule has 2 fully saturated rings. The van der Waals surface area contributed by atoms with Crippen LogP contribution in [0.15, 0.2) is 0 Å². The second kappa shape index (κ2) is 7.50. The summed E-state index contributed by atoms with van der Waals surface area (Å²) in [5, 5.41) is 0.344. The molecule has 0 aromatic heterocycles. The molecule has 2 bridgehead atoms. The minimum atomic E-state index is -0.0769. The molecule has 110 valence electrons. The first kappa shape index (κ1) is 15.1. The van der Waals surface area contributed by atoms with Crippen molar-refractivity contribution in [1.82, 2.24) is 4.90 Å². The zero-order chi connectivity index (χ0) is 13.7. The first-order valence-electron chi connectivity index (χ1n) is 7.32. The van der Waals surface area contributed by atoms with E-state index in [4.69, 9.17) is 9.47 Å². The number of thioether (sulfide) groups is 1. The van der Waals surface area contributed by atoms with Crippen LogP contribution in [0.3, 0.4) is 0 Å². The molecule has 2 rings (SSSR count). The van der Waals surface area contributed by atoms with Crippen molar-refractivity contribution in [2.75, 3.05) is 32.0 Å². The molecule has 19 heavy (non-hydrogen) atoms. The number of esters is 1. The maximum absolute atomic E-state index is 11.4. The number of ether oxygens (including phenoxy) is 2. The summed E-state index contributed by atoms with van der Waals surface area (Å²) in [7, 11) is 0. The van der Waals surface area contributed by atoms with Gasteiger partial charge in [0.05, 0.1) is 25.2 Å². The Hall–Kier alpha value is -0.260. The summed E-state index contributed by atoms with van der Waals surface area (Å²) in [4.78, 5) is 13.9. The minimum Gasteiger partial charge on any atom is -0.466 e. The van der Waals surface area contributed by atoms with Crippen LogP contribution in [0.25, 0.3) is 0 Å². The van der Waals surface area contributed by atoms with E-state index in [1.807, 2.05) is 18.7 Å². The van der Waals surface area contributed by atoms with Crippen molar-refractivity contribution in [3.05, 3.63) is 0 Å². The highest BCUT2D eigenvalue weighted by molar-refractivity contribution is 7.99. The molecule has 0 N–H and O–H groups in total. The van der Waals surface area contributed by atoms with Crippen LogP contribution in [0.5, 0.6) is 0 Å². The molecule has 0 unspecified atom stereocenters. The van der Waals surface area contributed by atoms with Gasteiger partial charge in [0.15, 0.2) is 0 Å². The summed E-state index contributed by atoms with van der Waals surface area (Å²) in [5.41, 5.74) is 0. The summed E-state index contributed by atoms with van der Waals surface area (Å²) < 4.78 is 10.8. The highest BCUT2D eigenvalue weighted by atomic mass is 32.2. The number of rotatable bonds is 7. The molecule has 0 saturated carbocycles. The van der Waals surface area contributed by atoms with E-state index in [2.05, 4.69) is 11.8 Å². The summed E-state index contributed by atoms with van der Waals surface area (Å²) in [6.45, 7) is 7.71. The number of nitrogens with zero attached hydrogens (tertiary/aromatic N) is 1. The lowest BCUT2D eigenvalue weighted by atomic mass is 10.2. The zero-order valence-electron chi connectivity index (χ0n) is 12.0. The Labute approximate surface area is 120 Å². The molecule has 4 nitrogen and oxygen atoms in total. The Morgan fingerprint density at radius 2 is 2.11 bits per heavy atom. The molecule has 0 aromatic carbocycles. The molecule has 0 aliphatic carbocycles. The third-order valence-electron chi connectivity index (χ3n) is 3.69. The van der Waals surface area contributed by atoms with Crippen LogP contribution in [0.1, 0.15) is 33.1 Å². The molecular weight excluding hydrogens is 262 g/mol. The highest BCUT2D eigenvalue weighted by Crippen LogP contribution is 2.26. The van der Waals surface area contributed by atoms with Crippen molar-refractivity contribution in [3.8, 4) is 0 Å².